The summed E-state index contributed by atoms with van der Waals surface area (Å²) in [5.74, 6) is -1.02. The Hall–Kier alpha value is -2.26. The van der Waals surface area contributed by atoms with Crippen LogP contribution < -0.4 is 5.56 Å². The lowest BCUT2D eigenvalue weighted by Crippen LogP contribution is -2.26. The Morgan fingerprint density at radius 1 is 1.30 bits per heavy atom. The Morgan fingerprint density at radius 3 is 2.70 bits per heavy atom. The van der Waals surface area contributed by atoms with Crippen molar-refractivity contribution in [3.63, 3.8) is 0 Å². The molecule has 2 aromatic rings. The van der Waals surface area contributed by atoms with Crippen molar-refractivity contribution in [1.29, 1.82) is 0 Å². The summed E-state index contributed by atoms with van der Waals surface area (Å²) >= 11 is 1.11. The van der Waals surface area contributed by atoms with Crippen molar-refractivity contribution < 1.29 is 23.8 Å². The van der Waals surface area contributed by atoms with Crippen LogP contribution in [0.1, 0.15) is 42.4 Å². The molecule has 0 spiro atoms. The minimum Gasteiger partial charge on any atom is -0.462 e. The van der Waals surface area contributed by atoms with E-state index in [4.69, 9.17) is 14.2 Å². The number of fused-ring (bicyclic) bond motifs is 1. The number of rotatable bonds is 9. The molecule has 2 heterocycles. The first-order chi connectivity index (χ1) is 12.9. The van der Waals surface area contributed by atoms with Crippen LogP contribution in [0.2, 0.25) is 0 Å². The van der Waals surface area contributed by atoms with Gasteiger partial charge in [-0.15, -0.1) is 11.3 Å². The molecule has 0 radical (unpaired) electrons. The highest BCUT2D eigenvalue weighted by Crippen LogP contribution is 2.27. The van der Waals surface area contributed by atoms with Crippen LogP contribution in [0.5, 0.6) is 0 Å². The molecule has 1 atom stereocenters. The van der Waals surface area contributed by atoms with Gasteiger partial charge in [-0.05, 0) is 32.8 Å². The number of carbonyl (C=O) groups is 2. The molecule has 0 bridgehead atoms. The average Bonchev–Trinajstić information content (AvgIpc) is 2.98. The molecular weight excluding hydrogens is 372 g/mol. The third kappa shape index (κ3) is 5.14. The average molecular weight is 396 g/mol. The first kappa shape index (κ1) is 21.0. The lowest BCUT2D eigenvalue weighted by molar-refractivity contribution is -0.145. The van der Waals surface area contributed by atoms with E-state index < -0.39 is 17.5 Å². The van der Waals surface area contributed by atoms with Crippen molar-refractivity contribution in [3.05, 3.63) is 27.1 Å². The van der Waals surface area contributed by atoms with Crippen molar-refractivity contribution in [2.24, 2.45) is 0 Å². The van der Waals surface area contributed by atoms with Crippen LogP contribution in [0.4, 0.5) is 0 Å². The predicted molar refractivity (Wildman–Crippen MR) is 101 cm³/mol. The summed E-state index contributed by atoms with van der Waals surface area (Å²) in [7, 11) is 0. The molecule has 9 heteroatoms. The van der Waals surface area contributed by atoms with Crippen LogP contribution in [0.25, 0.3) is 10.2 Å². The molecule has 2 rings (SSSR count). The fourth-order valence-corrected chi connectivity index (χ4v) is 3.35. The zero-order chi connectivity index (χ0) is 20.0. The molecule has 0 fully saturated rings. The summed E-state index contributed by atoms with van der Waals surface area (Å²) in [5, 5.41) is 0.320. The molecule has 1 unspecified atom stereocenters. The largest absolute Gasteiger partial charge is 0.462 e. The lowest BCUT2D eigenvalue weighted by atomic mass is 10.2. The molecule has 8 nitrogen and oxygen atoms in total. The van der Waals surface area contributed by atoms with Gasteiger partial charge in [-0.3, -0.25) is 14.2 Å². The Bertz CT molecular complexity index is 873. The van der Waals surface area contributed by atoms with E-state index in [1.54, 1.807) is 6.92 Å². The molecule has 148 valence electrons. The number of hydrogen-bond acceptors (Lipinski definition) is 8. The summed E-state index contributed by atoms with van der Waals surface area (Å²) in [6.45, 7) is 7.97. The summed E-state index contributed by atoms with van der Waals surface area (Å²) < 4.78 is 16.6. The fourth-order valence-electron chi connectivity index (χ4n) is 2.33. The summed E-state index contributed by atoms with van der Waals surface area (Å²) in [5.41, 5.74) is 0.123. The number of thiophene rings is 1. The SMILES string of the molecule is CCOCCOC(=O)Cn1cnc2sc(C(=O)OC(C)CC)c(C)c2c1=O. The normalized spacial score (nSPS) is 12.1. The van der Waals surface area contributed by atoms with E-state index in [0.717, 1.165) is 11.3 Å². The first-order valence-corrected chi connectivity index (χ1v) is 9.63. The van der Waals surface area contributed by atoms with E-state index in [0.29, 0.717) is 40.3 Å². The number of aryl methyl sites for hydroxylation is 1. The smallest absolute Gasteiger partial charge is 0.348 e. The van der Waals surface area contributed by atoms with E-state index in [-0.39, 0.29) is 19.3 Å². The van der Waals surface area contributed by atoms with E-state index in [1.807, 2.05) is 20.8 Å². The van der Waals surface area contributed by atoms with Gasteiger partial charge in [-0.25, -0.2) is 9.78 Å². The van der Waals surface area contributed by atoms with Crippen LogP contribution in [0.3, 0.4) is 0 Å². The highest BCUT2D eigenvalue weighted by molar-refractivity contribution is 7.20. The van der Waals surface area contributed by atoms with Gasteiger partial charge in [0.15, 0.2) is 0 Å². The second kappa shape index (κ2) is 9.61. The second-order valence-corrected chi connectivity index (χ2v) is 6.95. The van der Waals surface area contributed by atoms with E-state index in [9.17, 15) is 14.4 Å². The Kier molecular flexibility index (Phi) is 7.49. The monoisotopic (exact) mass is 396 g/mol. The second-order valence-electron chi connectivity index (χ2n) is 5.96. The minimum absolute atomic E-state index is 0.125. The Labute approximate surface area is 161 Å². The summed E-state index contributed by atoms with van der Waals surface area (Å²) in [4.78, 5) is 41.9. The number of esters is 2. The van der Waals surface area contributed by atoms with E-state index in [2.05, 4.69) is 4.98 Å². The number of carbonyl (C=O) groups excluding carboxylic acids is 2. The van der Waals surface area contributed by atoms with Crippen molar-refractivity contribution in [2.45, 2.75) is 46.8 Å². The van der Waals surface area contributed by atoms with Gasteiger partial charge in [-0.2, -0.15) is 0 Å². The Balaban J connectivity index is 2.21. The fraction of sp³-hybridized carbons (Fsp3) is 0.556. The highest BCUT2D eigenvalue weighted by Gasteiger charge is 2.22. The van der Waals surface area contributed by atoms with Gasteiger partial charge in [0.1, 0.15) is 22.9 Å². The molecule has 0 aliphatic carbocycles. The lowest BCUT2D eigenvalue weighted by Gasteiger charge is -2.09. The molecule has 0 aliphatic heterocycles. The number of aromatic nitrogens is 2. The summed E-state index contributed by atoms with van der Waals surface area (Å²) in [6.07, 6.45) is 1.78. The van der Waals surface area contributed by atoms with Crippen LogP contribution in [0, 0.1) is 6.92 Å². The van der Waals surface area contributed by atoms with Gasteiger partial charge in [0.05, 0.1) is 24.4 Å². The van der Waals surface area contributed by atoms with Gasteiger partial charge in [0.2, 0.25) is 0 Å². The first-order valence-electron chi connectivity index (χ1n) is 8.81. The van der Waals surface area contributed by atoms with Crippen LogP contribution in [-0.4, -0.2) is 47.4 Å². The molecule has 0 saturated carbocycles. The number of nitrogens with zero attached hydrogens (tertiary/aromatic N) is 2. The summed E-state index contributed by atoms with van der Waals surface area (Å²) in [6, 6.07) is 0. The molecule has 0 N–H and O–H groups in total. The zero-order valence-electron chi connectivity index (χ0n) is 15.9. The molecule has 27 heavy (non-hydrogen) atoms. The third-order valence-electron chi connectivity index (χ3n) is 3.98. The molecule has 2 aromatic heterocycles. The highest BCUT2D eigenvalue weighted by atomic mass is 32.1. The maximum atomic E-state index is 12.7. The van der Waals surface area contributed by atoms with Crippen molar-refractivity contribution >= 4 is 33.5 Å². The maximum Gasteiger partial charge on any atom is 0.348 e. The minimum atomic E-state index is -0.553. The molecule has 0 saturated heterocycles. The van der Waals surface area contributed by atoms with E-state index in [1.165, 1.54) is 10.9 Å². The van der Waals surface area contributed by atoms with Crippen molar-refractivity contribution in [1.82, 2.24) is 9.55 Å². The topological polar surface area (TPSA) is 96.7 Å². The van der Waals surface area contributed by atoms with Gasteiger partial charge in [0.25, 0.3) is 5.56 Å². The van der Waals surface area contributed by atoms with E-state index >= 15 is 0 Å². The van der Waals surface area contributed by atoms with Crippen molar-refractivity contribution in [2.75, 3.05) is 19.8 Å². The van der Waals surface area contributed by atoms with Crippen LogP contribution in [-0.2, 0) is 25.5 Å². The molecule has 0 aromatic carbocycles. The predicted octanol–water partition coefficient (Wildman–Crippen LogP) is 2.30. The standard InChI is InChI=1S/C18H24N2O6S/c1-5-11(3)26-18(23)15-12(4)14-16(27-15)19-10-20(17(14)22)9-13(21)25-8-7-24-6-2/h10-11H,5-9H2,1-4H3. The van der Waals surface area contributed by atoms with Crippen molar-refractivity contribution in [3.8, 4) is 0 Å². The molecule has 0 amide bonds. The van der Waals surface area contributed by atoms with Gasteiger partial charge in [-0.1, -0.05) is 6.92 Å². The third-order valence-corrected chi connectivity index (χ3v) is 5.16. The van der Waals surface area contributed by atoms with Gasteiger partial charge < -0.3 is 14.2 Å². The van der Waals surface area contributed by atoms with Crippen LogP contribution in [0.15, 0.2) is 11.1 Å². The molecule has 0 aliphatic rings. The number of hydrogen-bond donors (Lipinski definition) is 0. The number of ether oxygens (including phenoxy) is 3. The Morgan fingerprint density at radius 2 is 2.04 bits per heavy atom. The molecular formula is C18H24N2O6S. The van der Waals surface area contributed by atoms with Gasteiger partial charge in [0, 0.05) is 6.61 Å². The zero-order valence-corrected chi connectivity index (χ0v) is 16.8. The quantitative estimate of drug-likeness (QED) is 0.474. The van der Waals surface area contributed by atoms with Gasteiger partial charge >= 0.3 is 11.9 Å². The van der Waals surface area contributed by atoms with Crippen LogP contribution >= 0.6 is 11.3 Å². The maximum absolute atomic E-state index is 12.7.